The van der Waals surface area contributed by atoms with Crippen molar-refractivity contribution in [2.75, 3.05) is 26.9 Å². The van der Waals surface area contributed by atoms with Crippen molar-refractivity contribution in [3.63, 3.8) is 0 Å². The van der Waals surface area contributed by atoms with Crippen LogP contribution in [0.2, 0.25) is 0 Å². The Hall–Kier alpha value is -0.840. The lowest BCUT2D eigenvalue weighted by molar-refractivity contribution is 0.102. The molecule has 1 unspecified atom stereocenters. The Labute approximate surface area is 96.9 Å². The van der Waals surface area contributed by atoms with Gasteiger partial charge in [0.25, 0.3) is 0 Å². The largest absolute Gasteiger partial charge is 0.467 e. The lowest BCUT2D eigenvalue weighted by atomic mass is 10.3. The third-order valence-corrected chi connectivity index (χ3v) is 2.20. The SMILES string of the molecule is COCC(C)NCCCOCc1ccco1. The van der Waals surface area contributed by atoms with Crippen LogP contribution in [0.5, 0.6) is 0 Å². The molecule has 0 spiro atoms. The molecule has 0 saturated heterocycles. The van der Waals surface area contributed by atoms with E-state index in [1.807, 2.05) is 12.1 Å². The highest BCUT2D eigenvalue weighted by atomic mass is 16.5. The van der Waals surface area contributed by atoms with E-state index in [4.69, 9.17) is 13.9 Å². The quantitative estimate of drug-likeness (QED) is 0.653. The summed E-state index contributed by atoms with van der Waals surface area (Å²) in [5.74, 6) is 0.876. The van der Waals surface area contributed by atoms with E-state index in [1.165, 1.54) is 0 Å². The summed E-state index contributed by atoms with van der Waals surface area (Å²) in [7, 11) is 1.71. The fourth-order valence-corrected chi connectivity index (χ4v) is 1.40. The van der Waals surface area contributed by atoms with Crippen molar-refractivity contribution in [1.82, 2.24) is 5.32 Å². The molecule has 16 heavy (non-hydrogen) atoms. The van der Waals surface area contributed by atoms with Gasteiger partial charge in [0.2, 0.25) is 0 Å². The highest BCUT2D eigenvalue weighted by Gasteiger charge is 1.99. The van der Waals surface area contributed by atoms with Crippen molar-refractivity contribution in [1.29, 1.82) is 0 Å². The molecule has 0 aliphatic heterocycles. The van der Waals surface area contributed by atoms with Gasteiger partial charge in [-0.05, 0) is 32.0 Å². The topological polar surface area (TPSA) is 43.6 Å². The predicted octanol–water partition coefficient (Wildman–Crippen LogP) is 1.81. The minimum absolute atomic E-state index is 0.398. The Kier molecular flexibility index (Phi) is 6.88. The van der Waals surface area contributed by atoms with Crippen LogP contribution in [0.15, 0.2) is 22.8 Å². The van der Waals surface area contributed by atoms with Gasteiger partial charge in [-0.2, -0.15) is 0 Å². The van der Waals surface area contributed by atoms with E-state index in [9.17, 15) is 0 Å². The van der Waals surface area contributed by atoms with Crippen molar-refractivity contribution >= 4 is 0 Å². The fraction of sp³-hybridized carbons (Fsp3) is 0.667. The molecule has 1 atom stereocenters. The highest BCUT2D eigenvalue weighted by molar-refractivity contribution is 4.95. The molecule has 0 radical (unpaired) electrons. The molecule has 0 aliphatic rings. The van der Waals surface area contributed by atoms with Crippen LogP contribution in [0.25, 0.3) is 0 Å². The summed E-state index contributed by atoms with van der Waals surface area (Å²) in [6, 6.07) is 4.18. The molecular weight excluding hydrogens is 206 g/mol. The van der Waals surface area contributed by atoms with E-state index >= 15 is 0 Å². The molecule has 1 aromatic rings. The standard InChI is InChI=1S/C12H21NO3/c1-11(9-14-2)13-6-4-7-15-10-12-5-3-8-16-12/h3,5,8,11,13H,4,6-7,9-10H2,1-2H3. The summed E-state index contributed by atoms with van der Waals surface area (Å²) in [5.41, 5.74) is 0. The van der Waals surface area contributed by atoms with E-state index in [0.717, 1.165) is 31.9 Å². The molecule has 0 amide bonds. The van der Waals surface area contributed by atoms with Crippen LogP contribution < -0.4 is 5.32 Å². The first-order valence-corrected chi connectivity index (χ1v) is 5.65. The van der Waals surface area contributed by atoms with E-state index in [1.54, 1.807) is 13.4 Å². The van der Waals surface area contributed by atoms with Crippen LogP contribution in [-0.2, 0) is 16.1 Å². The summed E-state index contributed by atoms with van der Waals surface area (Å²) >= 11 is 0. The number of ether oxygens (including phenoxy) is 2. The summed E-state index contributed by atoms with van der Waals surface area (Å²) in [4.78, 5) is 0. The average Bonchev–Trinajstić information content (AvgIpc) is 2.76. The molecule has 0 aromatic carbocycles. The van der Waals surface area contributed by atoms with Gasteiger partial charge in [0, 0.05) is 19.8 Å². The van der Waals surface area contributed by atoms with E-state index in [2.05, 4.69) is 12.2 Å². The lowest BCUT2D eigenvalue weighted by Crippen LogP contribution is -2.31. The third kappa shape index (κ3) is 5.90. The fourth-order valence-electron chi connectivity index (χ4n) is 1.40. The second-order valence-corrected chi connectivity index (χ2v) is 3.80. The van der Waals surface area contributed by atoms with Crippen molar-refractivity contribution in [2.24, 2.45) is 0 Å². The number of hydrogen-bond donors (Lipinski definition) is 1. The summed E-state index contributed by atoms with van der Waals surface area (Å²) in [5, 5.41) is 3.35. The van der Waals surface area contributed by atoms with E-state index < -0.39 is 0 Å². The van der Waals surface area contributed by atoms with Crippen LogP contribution in [0.4, 0.5) is 0 Å². The van der Waals surface area contributed by atoms with Gasteiger partial charge in [-0.25, -0.2) is 0 Å². The van der Waals surface area contributed by atoms with Gasteiger partial charge in [0.1, 0.15) is 12.4 Å². The van der Waals surface area contributed by atoms with Crippen molar-refractivity contribution in [3.8, 4) is 0 Å². The summed E-state index contributed by atoms with van der Waals surface area (Å²) in [6.45, 7) is 5.09. The van der Waals surface area contributed by atoms with Crippen LogP contribution >= 0.6 is 0 Å². The molecule has 0 saturated carbocycles. The summed E-state index contributed by atoms with van der Waals surface area (Å²) < 4.78 is 15.6. The number of hydrogen-bond acceptors (Lipinski definition) is 4. The molecule has 1 rings (SSSR count). The molecule has 92 valence electrons. The number of methoxy groups -OCH3 is 1. The Balaban J connectivity index is 1.88. The second-order valence-electron chi connectivity index (χ2n) is 3.80. The Morgan fingerprint density at radius 1 is 1.50 bits per heavy atom. The van der Waals surface area contributed by atoms with Crippen molar-refractivity contribution < 1.29 is 13.9 Å². The van der Waals surface area contributed by atoms with Gasteiger partial charge < -0.3 is 19.2 Å². The maximum atomic E-state index is 5.45. The minimum Gasteiger partial charge on any atom is -0.467 e. The zero-order chi connectivity index (χ0) is 11.6. The average molecular weight is 227 g/mol. The molecule has 4 heteroatoms. The van der Waals surface area contributed by atoms with E-state index in [0.29, 0.717) is 12.6 Å². The number of rotatable bonds is 9. The Morgan fingerprint density at radius 3 is 3.06 bits per heavy atom. The first-order chi connectivity index (χ1) is 7.83. The summed E-state index contributed by atoms with van der Waals surface area (Å²) in [6.07, 6.45) is 2.65. The minimum atomic E-state index is 0.398. The molecule has 0 bridgehead atoms. The van der Waals surface area contributed by atoms with Crippen LogP contribution in [0.1, 0.15) is 19.1 Å². The van der Waals surface area contributed by atoms with Gasteiger partial charge >= 0.3 is 0 Å². The molecule has 1 N–H and O–H groups in total. The van der Waals surface area contributed by atoms with Crippen molar-refractivity contribution in [3.05, 3.63) is 24.2 Å². The Bertz CT molecular complexity index is 249. The first kappa shape index (κ1) is 13.2. The first-order valence-electron chi connectivity index (χ1n) is 5.65. The van der Waals surface area contributed by atoms with Gasteiger partial charge in [-0.1, -0.05) is 0 Å². The van der Waals surface area contributed by atoms with Gasteiger partial charge in [0.15, 0.2) is 0 Å². The predicted molar refractivity (Wildman–Crippen MR) is 62.3 cm³/mol. The normalized spacial score (nSPS) is 12.9. The van der Waals surface area contributed by atoms with Crippen molar-refractivity contribution in [2.45, 2.75) is 26.0 Å². The molecule has 1 heterocycles. The van der Waals surface area contributed by atoms with Crippen LogP contribution in [0, 0.1) is 0 Å². The molecule has 0 aliphatic carbocycles. The number of nitrogens with one attached hydrogen (secondary N) is 1. The van der Waals surface area contributed by atoms with Gasteiger partial charge in [-0.15, -0.1) is 0 Å². The Morgan fingerprint density at radius 2 is 2.38 bits per heavy atom. The lowest BCUT2D eigenvalue weighted by Gasteiger charge is -2.12. The molecule has 1 aromatic heterocycles. The zero-order valence-electron chi connectivity index (χ0n) is 10.1. The molecular formula is C12H21NO3. The highest BCUT2D eigenvalue weighted by Crippen LogP contribution is 2.01. The zero-order valence-corrected chi connectivity index (χ0v) is 10.1. The van der Waals surface area contributed by atoms with Gasteiger partial charge in [0.05, 0.1) is 12.9 Å². The molecule has 4 nitrogen and oxygen atoms in total. The van der Waals surface area contributed by atoms with E-state index in [-0.39, 0.29) is 0 Å². The number of furan rings is 1. The second kappa shape index (κ2) is 8.33. The maximum Gasteiger partial charge on any atom is 0.129 e. The van der Waals surface area contributed by atoms with Crippen LogP contribution in [0.3, 0.4) is 0 Å². The maximum absolute atomic E-state index is 5.45. The van der Waals surface area contributed by atoms with Crippen LogP contribution in [-0.4, -0.2) is 32.9 Å². The van der Waals surface area contributed by atoms with Gasteiger partial charge in [-0.3, -0.25) is 0 Å². The third-order valence-electron chi connectivity index (χ3n) is 2.20. The molecule has 0 fully saturated rings. The monoisotopic (exact) mass is 227 g/mol. The smallest absolute Gasteiger partial charge is 0.129 e.